The smallest absolute Gasteiger partial charge is 0.182 e. The molecule has 0 radical (unpaired) electrons. The molecule has 0 aliphatic carbocycles. The highest BCUT2D eigenvalue weighted by Gasteiger charge is 2.29. The fraction of sp³-hybridized carbons (Fsp3) is 0.353. The molecule has 0 bridgehead atoms. The molecule has 1 unspecified atom stereocenters. The van der Waals surface area contributed by atoms with E-state index in [0.717, 1.165) is 36.4 Å². The number of imidazole rings is 1. The van der Waals surface area contributed by atoms with Gasteiger partial charge in [0.2, 0.25) is 0 Å². The summed E-state index contributed by atoms with van der Waals surface area (Å²) in [5.41, 5.74) is 4.20. The van der Waals surface area contributed by atoms with E-state index in [0.29, 0.717) is 6.04 Å². The largest absolute Gasteiger partial charge is 0.378 e. The quantitative estimate of drug-likeness (QED) is 0.806. The molecule has 1 fully saturated rings. The van der Waals surface area contributed by atoms with Gasteiger partial charge in [-0.3, -0.25) is 0 Å². The monoisotopic (exact) mass is 308 g/mol. The lowest BCUT2D eigenvalue weighted by Gasteiger charge is -2.27. The van der Waals surface area contributed by atoms with Crippen LogP contribution in [0.2, 0.25) is 0 Å². The van der Waals surface area contributed by atoms with Gasteiger partial charge in [0, 0.05) is 26.3 Å². The van der Waals surface area contributed by atoms with Crippen molar-refractivity contribution in [3.8, 4) is 0 Å². The Hall–Kier alpha value is -2.63. The van der Waals surface area contributed by atoms with Gasteiger partial charge in [-0.15, -0.1) is 0 Å². The SMILES string of the molecule is CN(C)c1cccc(C2CCCN2c2ncnc3nc[nH]c23)c1. The Balaban J connectivity index is 1.75. The number of hydrogen-bond donors (Lipinski definition) is 1. The van der Waals surface area contributed by atoms with Gasteiger partial charge in [0.15, 0.2) is 11.5 Å². The van der Waals surface area contributed by atoms with Crippen molar-refractivity contribution in [3.63, 3.8) is 0 Å². The predicted molar refractivity (Wildman–Crippen MR) is 91.8 cm³/mol. The molecule has 0 amide bonds. The van der Waals surface area contributed by atoms with Crippen LogP contribution in [-0.2, 0) is 0 Å². The number of rotatable bonds is 3. The van der Waals surface area contributed by atoms with Crippen LogP contribution >= 0.6 is 0 Å². The first-order valence-corrected chi connectivity index (χ1v) is 7.92. The molecule has 1 saturated heterocycles. The molecule has 1 aromatic carbocycles. The van der Waals surface area contributed by atoms with E-state index in [2.05, 4.69) is 68.1 Å². The van der Waals surface area contributed by atoms with Crippen molar-refractivity contribution >= 4 is 22.7 Å². The molecule has 23 heavy (non-hydrogen) atoms. The van der Waals surface area contributed by atoms with Crippen LogP contribution in [0, 0.1) is 0 Å². The van der Waals surface area contributed by atoms with Crippen molar-refractivity contribution in [2.75, 3.05) is 30.4 Å². The van der Waals surface area contributed by atoms with Gasteiger partial charge in [-0.1, -0.05) is 12.1 Å². The first-order chi connectivity index (χ1) is 11.2. The molecule has 1 aliphatic heterocycles. The molecule has 4 rings (SSSR count). The summed E-state index contributed by atoms with van der Waals surface area (Å²) in [6.07, 6.45) is 5.58. The first-order valence-electron chi connectivity index (χ1n) is 7.92. The Morgan fingerprint density at radius 1 is 1.22 bits per heavy atom. The highest BCUT2D eigenvalue weighted by Crippen LogP contribution is 2.37. The minimum atomic E-state index is 0.344. The number of nitrogens with one attached hydrogen (secondary N) is 1. The third kappa shape index (κ3) is 2.40. The predicted octanol–water partition coefficient (Wildman–Crippen LogP) is 2.76. The average Bonchev–Trinajstić information content (AvgIpc) is 3.23. The summed E-state index contributed by atoms with van der Waals surface area (Å²) < 4.78 is 0. The van der Waals surface area contributed by atoms with Crippen molar-refractivity contribution in [2.45, 2.75) is 18.9 Å². The van der Waals surface area contributed by atoms with Gasteiger partial charge in [0.05, 0.1) is 12.4 Å². The molecule has 3 aromatic rings. The number of nitrogens with zero attached hydrogens (tertiary/aromatic N) is 5. The topological polar surface area (TPSA) is 60.9 Å². The van der Waals surface area contributed by atoms with Gasteiger partial charge in [0.25, 0.3) is 0 Å². The fourth-order valence-corrected chi connectivity index (χ4v) is 3.35. The molecule has 3 heterocycles. The summed E-state index contributed by atoms with van der Waals surface area (Å²) in [6, 6.07) is 9.10. The van der Waals surface area contributed by atoms with Crippen LogP contribution in [-0.4, -0.2) is 40.6 Å². The minimum Gasteiger partial charge on any atom is -0.378 e. The molecule has 118 valence electrons. The fourth-order valence-electron chi connectivity index (χ4n) is 3.35. The highest BCUT2D eigenvalue weighted by atomic mass is 15.2. The Morgan fingerprint density at radius 3 is 3.00 bits per heavy atom. The normalized spacial score (nSPS) is 17.8. The van der Waals surface area contributed by atoms with Crippen molar-refractivity contribution < 1.29 is 0 Å². The summed E-state index contributed by atoms with van der Waals surface area (Å²) in [4.78, 5) is 20.7. The van der Waals surface area contributed by atoms with Gasteiger partial charge in [-0.05, 0) is 30.5 Å². The molecule has 1 aliphatic rings. The average molecular weight is 308 g/mol. The number of anilines is 2. The molecule has 0 spiro atoms. The van der Waals surface area contributed by atoms with E-state index in [1.54, 1.807) is 12.7 Å². The zero-order valence-corrected chi connectivity index (χ0v) is 13.4. The molecular weight excluding hydrogens is 288 g/mol. The van der Waals surface area contributed by atoms with E-state index in [9.17, 15) is 0 Å². The van der Waals surface area contributed by atoms with Crippen LogP contribution < -0.4 is 9.80 Å². The van der Waals surface area contributed by atoms with Crippen molar-refractivity contribution in [1.82, 2.24) is 19.9 Å². The zero-order valence-electron chi connectivity index (χ0n) is 13.4. The van der Waals surface area contributed by atoms with Gasteiger partial charge >= 0.3 is 0 Å². The maximum absolute atomic E-state index is 4.53. The molecule has 0 saturated carbocycles. The molecule has 6 nitrogen and oxygen atoms in total. The number of aromatic amines is 1. The van der Waals surface area contributed by atoms with E-state index in [4.69, 9.17) is 0 Å². The summed E-state index contributed by atoms with van der Waals surface area (Å²) in [6.45, 7) is 1.00. The lowest BCUT2D eigenvalue weighted by molar-refractivity contribution is 0.712. The Kier molecular flexibility index (Phi) is 3.37. The van der Waals surface area contributed by atoms with Gasteiger partial charge in [-0.2, -0.15) is 0 Å². The van der Waals surface area contributed by atoms with Crippen LogP contribution in [0.4, 0.5) is 11.5 Å². The van der Waals surface area contributed by atoms with E-state index >= 15 is 0 Å². The Morgan fingerprint density at radius 2 is 2.13 bits per heavy atom. The second-order valence-electron chi connectivity index (χ2n) is 6.14. The van der Waals surface area contributed by atoms with E-state index in [-0.39, 0.29) is 0 Å². The zero-order chi connectivity index (χ0) is 15.8. The van der Waals surface area contributed by atoms with Gasteiger partial charge in [-0.25, -0.2) is 15.0 Å². The van der Waals surface area contributed by atoms with E-state index < -0.39 is 0 Å². The lowest BCUT2D eigenvalue weighted by Crippen LogP contribution is -2.24. The Bertz CT molecular complexity index is 825. The number of H-pyrrole nitrogens is 1. The van der Waals surface area contributed by atoms with Crippen LogP contribution in [0.5, 0.6) is 0 Å². The summed E-state index contributed by atoms with van der Waals surface area (Å²) >= 11 is 0. The number of hydrogen-bond acceptors (Lipinski definition) is 5. The van der Waals surface area contributed by atoms with E-state index in [1.165, 1.54) is 11.3 Å². The molecule has 1 atom stereocenters. The van der Waals surface area contributed by atoms with Crippen LogP contribution in [0.3, 0.4) is 0 Å². The summed E-state index contributed by atoms with van der Waals surface area (Å²) in [5.74, 6) is 0.949. The minimum absolute atomic E-state index is 0.344. The third-order valence-electron chi connectivity index (χ3n) is 4.50. The number of aromatic nitrogens is 4. The molecule has 2 aromatic heterocycles. The molecular formula is C17H20N6. The Labute approximate surface area is 135 Å². The second-order valence-corrected chi connectivity index (χ2v) is 6.14. The van der Waals surface area contributed by atoms with Crippen LogP contribution in [0.25, 0.3) is 11.2 Å². The van der Waals surface area contributed by atoms with Crippen molar-refractivity contribution in [3.05, 3.63) is 42.5 Å². The first kappa shape index (κ1) is 14.0. The van der Waals surface area contributed by atoms with Crippen LogP contribution in [0.1, 0.15) is 24.4 Å². The van der Waals surface area contributed by atoms with Gasteiger partial charge < -0.3 is 14.8 Å². The third-order valence-corrected chi connectivity index (χ3v) is 4.50. The summed E-state index contributed by atoms with van der Waals surface area (Å²) in [5, 5.41) is 0. The molecule has 1 N–H and O–H groups in total. The van der Waals surface area contributed by atoms with Crippen molar-refractivity contribution in [2.24, 2.45) is 0 Å². The number of fused-ring (bicyclic) bond motifs is 1. The molecule has 6 heteroatoms. The van der Waals surface area contributed by atoms with Crippen LogP contribution in [0.15, 0.2) is 36.9 Å². The van der Waals surface area contributed by atoms with E-state index in [1.807, 2.05) is 0 Å². The maximum Gasteiger partial charge on any atom is 0.182 e. The second kappa shape index (κ2) is 5.53. The standard InChI is InChI=1S/C17H20N6/c1-22(2)13-6-3-5-12(9-13)14-7-4-8-23(14)17-15-16(19-10-18-15)20-11-21-17/h3,5-6,9-11,14H,4,7-8H2,1-2H3,(H,18,19,20,21). The summed E-state index contributed by atoms with van der Waals surface area (Å²) in [7, 11) is 4.15. The van der Waals surface area contributed by atoms with Crippen molar-refractivity contribution in [1.29, 1.82) is 0 Å². The maximum atomic E-state index is 4.53. The van der Waals surface area contributed by atoms with Gasteiger partial charge in [0.1, 0.15) is 11.8 Å². The number of benzene rings is 1. The highest BCUT2D eigenvalue weighted by molar-refractivity contribution is 5.83. The lowest BCUT2D eigenvalue weighted by atomic mass is 10.0.